The Bertz CT molecular complexity index is 547. The van der Waals surface area contributed by atoms with Gasteiger partial charge in [0.1, 0.15) is 0 Å². The number of carbonyl (C=O) groups is 1. The van der Waals surface area contributed by atoms with Crippen LogP contribution in [0.5, 0.6) is 0 Å². The van der Waals surface area contributed by atoms with Gasteiger partial charge < -0.3 is 4.90 Å². The fourth-order valence-corrected chi connectivity index (χ4v) is 3.13. The zero-order valence-corrected chi connectivity index (χ0v) is 14.3. The largest absolute Gasteiger partial charge is 0.416 e. The van der Waals surface area contributed by atoms with Gasteiger partial charge in [-0.1, -0.05) is 32.0 Å². The van der Waals surface area contributed by atoms with Gasteiger partial charge in [-0.2, -0.15) is 13.2 Å². The smallest absolute Gasteiger partial charge is 0.340 e. The van der Waals surface area contributed by atoms with E-state index in [9.17, 15) is 18.0 Å². The van der Waals surface area contributed by atoms with Gasteiger partial charge in [0.15, 0.2) is 0 Å². The van der Waals surface area contributed by atoms with Crippen LogP contribution >= 0.6 is 0 Å². The molecule has 0 N–H and O–H groups in total. The molecule has 0 bridgehead atoms. The lowest BCUT2D eigenvalue weighted by Crippen LogP contribution is -2.49. The summed E-state index contributed by atoms with van der Waals surface area (Å²) in [6, 6.07) is 5.47. The number of carbonyl (C=O) groups excluding carboxylic acids is 1. The summed E-state index contributed by atoms with van der Waals surface area (Å²) in [6.45, 7) is 7.22. The zero-order chi connectivity index (χ0) is 17.7. The average molecular weight is 342 g/mol. The molecule has 0 aliphatic carbocycles. The number of hydrogen-bond donors (Lipinski definition) is 0. The number of benzene rings is 1. The maximum absolute atomic E-state index is 12.8. The molecule has 1 aliphatic heterocycles. The molecule has 1 aromatic carbocycles. The summed E-state index contributed by atoms with van der Waals surface area (Å²) in [6.07, 6.45) is -2.62. The van der Waals surface area contributed by atoms with Crippen LogP contribution in [0.3, 0.4) is 0 Å². The highest BCUT2D eigenvalue weighted by Crippen LogP contribution is 2.29. The molecule has 3 nitrogen and oxygen atoms in total. The third kappa shape index (κ3) is 4.72. The van der Waals surface area contributed by atoms with Crippen molar-refractivity contribution in [2.45, 2.75) is 39.4 Å². The van der Waals surface area contributed by atoms with Gasteiger partial charge in [-0.3, -0.25) is 9.69 Å². The fourth-order valence-electron chi connectivity index (χ4n) is 3.13. The molecule has 1 aliphatic rings. The molecule has 0 aromatic heterocycles. The average Bonchev–Trinajstić information content (AvgIpc) is 2.56. The van der Waals surface area contributed by atoms with E-state index in [1.54, 1.807) is 6.07 Å². The first kappa shape index (κ1) is 18.8. The van der Waals surface area contributed by atoms with E-state index in [0.717, 1.165) is 18.9 Å². The lowest BCUT2D eigenvalue weighted by molar-refractivity contribution is -0.138. The van der Waals surface area contributed by atoms with Crippen molar-refractivity contribution in [1.29, 1.82) is 0 Å². The van der Waals surface area contributed by atoms with Gasteiger partial charge >= 0.3 is 6.18 Å². The van der Waals surface area contributed by atoms with Crippen LogP contribution in [-0.2, 0) is 17.5 Å². The van der Waals surface area contributed by atoms with Crippen LogP contribution in [-0.4, -0.2) is 41.9 Å². The van der Waals surface area contributed by atoms with E-state index in [4.69, 9.17) is 0 Å². The van der Waals surface area contributed by atoms with Crippen molar-refractivity contribution in [3.8, 4) is 0 Å². The first-order chi connectivity index (χ1) is 11.3. The second-order valence-corrected chi connectivity index (χ2v) is 6.31. The highest BCUT2D eigenvalue weighted by molar-refractivity contribution is 5.78. The Balaban J connectivity index is 1.91. The lowest BCUT2D eigenvalue weighted by atomic mass is 10.0. The minimum absolute atomic E-state index is 0.0833. The molecule has 134 valence electrons. The van der Waals surface area contributed by atoms with Gasteiger partial charge in [0.2, 0.25) is 5.91 Å². The molecular weight excluding hydrogens is 317 g/mol. The van der Waals surface area contributed by atoms with Crippen LogP contribution in [0.25, 0.3) is 0 Å². The topological polar surface area (TPSA) is 23.6 Å². The number of alkyl halides is 3. The molecule has 1 heterocycles. The molecule has 1 aromatic rings. The summed E-state index contributed by atoms with van der Waals surface area (Å²) in [7, 11) is 0. The fraction of sp³-hybridized carbons (Fsp3) is 0.611. The number of piperazine rings is 1. The van der Waals surface area contributed by atoms with Crippen molar-refractivity contribution >= 4 is 5.91 Å². The molecule has 24 heavy (non-hydrogen) atoms. The molecule has 1 amide bonds. The number of nitrogens with zero attached hydrogens (tertiary/aromatic N) is 2. The molecule has 0 radical (unpaired) electrons. The Morgan fingerprint density at radius 3 is 2.29 bits per heavy atom. The molecule has 1 fully saturated rings. The molecule has 2 rings (SSSR count). The Morgan fingerprint density at radius 2 is 1.75 bits per heavy atom. The summed E-state index contributed by atoms with van der Waals surface area (Å²) >= 11 is 0. The predicted octanol–water partition coefficient (Wildman–Crippen LogP) is 3.79. The Labute approximate surface area is 141 Å². The first-order valence-corrected chi connectivity index (χ1v) is 8.52. The van der Waals surface area contributed by atoms with Crippen molar-refractivity contribution in [3.63, 3.8) is 0 Å². The van der Waals surface area contributed by atoms with Crippen LogP contribution in [0, 0.1) is 5.92 Å². The van der Waals surface area contributed by atoms with Crippen LogP contribution in [0.15, 0.2) is 24.3 Å². The number of hydrogen-bond acceptors (Lipinski definition) is 2. The third-order valence-electron chi connectivity index (χ3n) is 4.68. The SMILES string of the molecule is CCC(CC)C(=O)N1CCN(Cc2cccc(C(F)(F)F)c2)CC1. The molecule has 0 unspecified atom stereocenters. The van der Waals surface area contributed by atoms with Crippen LogP contribution in [0.1, 0.15) is 37.8 Å². The van der Waals surface area contributed by atoms with Crippen LogP contribution in [0.2, 0.25) is 0 Å². The third-order valence-corrected chi connectivity index (χ3v) is 4.68. The summed E-state index contributed by atoms with van der Waals surface area (Å²) < 4.78 is 38.3. The predicted molar refractivity (Wildman–Crippen MR) is 87.4 cm³/mol. The van der Waals surface area contributed by atoms with E-state index in [1.807, 2.05) is 18.7 Å². The lowest BCUT2D eigenvalue weighted by Gasteiger charge is -2.36. The van der Waals surface area contributed by atoms with E-state index >= 15 is 0 Å². The van der Waals surface area contributed by atoms with Crippen molar-refractivity contribution in [2.75, 3.05) is 26.2 Å². The van der Waals surface area contributed by atoms with E-state index < -0.39 is 11.7 Å². The number of halogens is 3. The van der Waals surface area contributed by atoms with E-state index in [0.29, 0.717) is 38.3 Å². The van der Waals surface area contributed by atoms with Gasteiger partial charge in [0.25, 0.3) is 0 Å². The van der Waals surface area contributed by atoms with E-state index in [2.05, 4.69) is 4.90 Å². The number of rotatable bonds is 5. The number of amides is 1. The molecular formula is C18H25F3N2O. The summed E-state index contributed by atoms with van der Waals surface area (Å²) in [4.78, 5) is 16.4. The van der Waals surface area contributed by atoms with Gasteiger partial charge in [0.05, 0.1) is 5.56 Å². The standard InChI is InChI=1S/C18H25F3N2O/c1-3-15(4-2)17(24)23-10-8-22(9-11-23)13-14-6-5-7-16(12-14)18(19,20)21/h5-7,12,15H,3-4,8-11,13H2,1-2H3. The van der Waals surface area contributed by atoms with Gasteiger partial charge in [0, 0.05) is 38.6 Å². The zero-order valence-electron chi connectivity index (χ0n) is 14.3. The normalized spacial score (nSPS) is 16.7. The Hall–Kier alpha value is -1.56. The van der Waals surface area contributed by atoms with Gasteiger partial charge in [-0.25, -0.2) is 0 Å². The van der Waals surface area contributed by atoms with Crippen molar-refractivity contribution in [3.05, 3.63) is 35.4 Å². The minimum Gasteiger partial charge on any atom is -0.340 e. The van der Waals surface area contributed by atoms with Crippen molar-refractivity contribution in [1.82, 2.24) is 9.80 Å². The Morgan fingerprint density at radius 1 is 1.12 bits per heavy atom. The summed E-state index contributed by atoms with van der Waals surface area (Å²) in [5, 5.41) is 0. The maximum atomic E-state index is 12.8. The van der Waals surface area contributed by atoms with Gasteiger partial charge in [-0.15, -0.1) is 0 Å². The molecule has 6 heteroatoms. The quantitative estimate of drug-likeness (QED) is 0.813. The maximum Gasteiger partial charge on any atom is 0.416 e. The highest BCUT2D eigenvalue weighted by atomic mass is 19.4. The molecule has 1 saturated heterocycles. The molecule has 0 spiro atoms. The van der Waals surface area contributed by atoms with Crippen molar-refractivity contribution < 1.29 is 18.0 Å². The summed E-state index contributed by atoms with van der Waals surface area (Å²) in [5.74, 6) is 0.290. The van der Waals surface area contributed by atoms with Gasteiger partial charge in [-0.05, 0) is 24.5 Å². The van der Waals surface area contributed by atoms with E-state index in [1.165, 1.54) is 12.1 Å². The second-order valence-electron chi connectivity index (χ2n) is 6.31. The van der Waals surface area contributed by atoms with Crippen molar-refractivity contribution in [2.24, 2.45) is 5.92 Å². The second kappa shape index (κ2) is 8.01. The molecule has 0 atom stereocenters. The minimum atomic E-state index is -4.31. The van der Waals surface area contributed by atoms with Crippen LogP contribution in [0.4, 0.5) is 13.2 Å². The Kier molecular flexibility index (Phi) is 6.27. The van der Waals surface area contributed by atoms with Crippen LogP contribution < -0.4 is 0 Å². The first-order valence-electron chi connectivity index (χ1n) is 8.52. The highest BCUT2D eigenvalue weighted by Gasteiger charge is 2.30. The summed E-state index contributed by atoms with van der Waals surface area (Å²) in [5.41, 5.74) is 0.0483. The monoisotopic (exact) mass is 342 g/mol. The molecule has 0 saturated carbocycles. The van der Waals surface area contributed by atoms with E-state index in [-0.39, 0.29) is 11.8 Å².